The fourth-order valence-electron chi connectivity index (χ4n) is 1.53. The summed E-state index contributed by atoms with van der Waals surface area (Å²) in [6, 6.07) is 11.6. The van der Waals surface area contributed by atoms with Crippen LogP contribution in [0.15, 0.2) is 54.9 Å². The van der Waals surface area contributed by atoms with Gasteiger partial charge >= 0.3 is 5.97 Å². The lowest BCUT2D eigenvalue weighted by Gasteiger charge is -2.01. The number of carbonyl (C=O) groups excluding carboxylic acids is 1. The largest absolute Gasteiger partial charge is 0.458 e. The maximum atomic E-state index is 11.5. The van der Waals surface area contributed by atoms with Crippen molar-refractivity contribution in [1.29, 1.82) is 0 Å². The molecule has 1 aromatic heterocycles. The number of rotatable bonds is 4. The highest BCUT2D eigenvalue weighted by molar-refractivity contribution is 5.87. The second-order valence-electron chi connectivity index (χ2n) is 4.21. The summed E-state index contributed by atoms with van der Waals surface area (Å²) in [4.78, 5) is 15.5. The first-order valence-electron chi connectivity index (χ1n) is 6.04. The van der Waals surface area contributed by atoms with Crippen LogP contribution in [-0.2, 0) is 16.1 Å². The molecule has 0 aliphatic carbocycles. The quantitative estimate of drug-likeness (QED) is 0.620. The molecule has 19 heavy (non-hydrogen) atoms. The second-order valence-corrected chi connectivity index (χ2v) is 4.21. The first kappa shape index (κ1) is 13.0. The molecule has 0 N–H and O–H groups in total. The third kappa shape index (κ3) is 4.39. The summed E-state index contributed by atoms with van der Waals surface area (Å²) in [5, 5.41) is 0. The van der Waals surface area contributed by atoms with Crippen molar-refractivity contribution < 1.29 is 9.53 Å². The Bertz CT molecular complexity index is 559. The molecular formula is C16H15NO2. The molecule has 2 aromatic rings. The number of ether oxygens (including phenoxy) is 1. The molecule has 3 heteroatoms. The van der Waals surface area contributed by atoms with E-state index in [4.69, 9.17) is 4.74 Å². The number of aromatic nitrogens is 1. The van der Waals surface area contributed by atoms with Crippen molar-refractivity contribution in [2.75, 3.05) is 0 Å². The standard InChI is InChI=1S/C16H15NO2/c1-13-4-6-14(7-5-13)8-9-16(18)19-12-15-3-2-10-17-11-15/h2-11H,12H2,1H3/b9-8+. The molecule has 0 aliphatic heterocycles. The van der Waals surface area contributed by atoms with Gasteiger partial charge in [-0.15, -0.1) is 0 Å². The fraction of sp³-hybridized carbons (Fsp3) is 0.125. The summed E-state index contributed by atoms with van der Waals surface area (Å²) in [5.41, 5.74) is 3.04. The number of benzene rings is 1. The summed E-state index contributed by atoms with van der Waals surface area (Å²) in [7, 11) is 0. The van der Waals surface area contributed by atoms with E-state index in [0.29, 0.717) is 0 Å². The minimum Gasteiger partial charge on any atom is -0.458 e. The second kappa shape index (κ2) is 6.50. The van der Waals surface area contributed by atoms with Crippen molar-refractivity contribution in [1.82, 2.24) is 4.98 Å². The van der Waals surface area contributed by atoms with Crippen LogP contribution in [0.3, 0.4) is 0 Å². The van der Waals surface area contributed by atoms with Crippen LogP contribution in [0.5, 0.6) is 0 Å². The average molecular weight is 253 g/mol. The van der Waals surface area contributed by atoms with Gasteiger partial charge in [0.25, 0.3) is 0 Å². The summed E-state index contributed by atoms with van der Waals surface area (Å²) in [5.74, 6) is -0.357. The zero-order chi connectivity index (χ0) is 13.5. The van der Waals surface area contributed by atoms with Gasteiger partial charge in [-0.1, -0.05) is 35.9 Å². The molecule has 1 heterocycles. The van der Waals surface area contributed by atoms with E-state index >= 15 is 0 Å². The van der Waals surface area contributed by atoms with Crippen molar-refractivity contribution in [3.05, 3.63) is 71.6 Å². The molecule has 0 saturated heterocycles. The number of esters is 1. The lowest BCUT2D eigenvalue weighted by Crippen LogP contribution is -2.00. The summed E-state index contributed by atoms with van der Waals surface area (Å²) in [6.45, 7) is 2.26. The van der Waals surface area contributed by atoms with E-state index in [9.17, 15) is 4.79 Å². The van der Waals surface area contributed by atoms with E-state index in [-0.39, 0.29) is 12.6 Å². The first-order valence-corrected chi connectivity index (χ1v) is 6.04. The topological polar surface area (TPSA) is 39.2 Å². The Kier molecular flexibility index (Phi) is 4.45. The van der Waals surface area contributed by atoms with Crippen molar-refractivity contribution in [3.63, 3.8) is 0 Å². The highest BCUT2D eigenvalue weighted by Crippen LogP contribution is 2.05. The van der Waals surface area contributed by atoms with Crippen LogP contribution in [0.2, 0.25) is 0 Å². The minimum atomic E-state index is -0.357. The monoisotopic (exact) mass is 253 g/mol. The SMILES string of the molecule is Cc1ccc(/C=C/C(=O)OCc2cccnc2)cc1. The Balaban J connectivity index is 1.86. The van der Waals surface area contributed by atoms with Gasteiger partial charge in [-0.25, -0.2) is 4.79 Å². The lowest BCUT2D eigenvalue weighted by molar-refractivity contribution is -0.138. The molecule has 0 radical (unpaired) electrons. The number of hydrogen-bond acceptors (Lipinski definition) is 3. The minimum absolute atomic E-state index is 0.241. The van der Waals surface area contributed by atoms with Crippen molar-refractivity contribution in [2.45, 2.75) is 13.5 Å². The van der Waals surface area contributed by atoms with Gasteiger partial charge < -0.3 is 4.74 Å². The Morgan fingerprint density at radius 2 is 2.05 bits per heavy atom. The van der Waals surface area contributed by atoms with Crippen LogP contribution in [0.1, 0.15) is 16.7 Å². The van der Waals surface area contributed by atoms with Crippen molar-refractivity contribution in [2.24, 2.45) is 0 Å². The normalized spacial score (nSPS) is 10.6. The van der Waals surface area contributed by atoms with E-state index in [1.807, 2.05) is 43.3 Å². The number of nitrogens with zero attached hydrogens (tertiary/aromatic N) is 1. The van der Waals surface area contributed by atoms with Crippen LogP contribution < -0.4 is 0 Å². The molecule has 1 aromatic carbocycles. The molecule has 0 saturated carbocycles. The summed E-state index contributed by atoms with van der Waals surface area (Å²) < 4.78 is 5.11. The molecule has 0 amide bonds. The van der Waals surface area contributed by atoms with Crippen LogP contribution in [-0.4, -0.2) is 11.0 Å². The molecule has 2 rings (SSSR count). The maximum Gasteiger partial charge on any atom is 0.331 e. The maximum absolute atomic E-state index is 11.5. The molecular weight excluding hydrogens is 238 g/mol. The van der Waals surface area contributed by atoms with Crippen LogP contribution in [0.25, 0.3) is 6.08 Å². The Morgan fingerprint density at radius 1 is 1.26 bits per heavy atom. The molecule has 0 atom stereocenters. The van der Waals surface area contributed by atoms with Gasteiger partial charge in [-0.3, -0.25) is 4.98 Å². The van der Waals surface area contributed by atoms with E-state index < -0.39 is 0 Å². The molecule has 96 valence electrons. The zero-order valence-electron chi connectivity index (χ0n) is 10.7. The van der Waals surface area contributed by atoms with Gasteiger partial charge in [0.05, 0.1) is 0 Å². The van der Waals surface area contributed by atoms with Gasteiger partial charge in [-0.2, -0.15) is 0 Å². The number of pyridine rings is 1. The summed E-state index contributed by atoms with van der Waals surface area (Å²) >= 11 is 0. The third-order valence-corrected chi connectivity index (χ3v) is 2.59. The number of carbonyl (C=O) groups is 1. The van der Waals surface area contributed by atoms with E-state index in [2.05, 4.69) is 4.98 Å². The molecule has 0 unspecified atom stereocenters. The van der Waals surface area contributed by atoms with Gasteiger partial charge in [0, 0.05) is 24.0 Å². The highest BCUT2D eigenvalue weighted by Gasteiger charge is 1.98. The van der Waals surface area contributed by atoms with Crippen LogP contribution in [0.4, 0.5) is 0 Å². The predicted octanol–water partition coefficient (Wildman–Crippen LogP) is 3.15. The Hall–Kier alpha value is -2.42. The van der Waals surface area contributed by atoms with Crippen molar-refractivity contribution >= 4 is 12.0 Å². The van der Waals surface area contributed by atoms with Crippen LogP contribution >= 0.6 is 0 Å². The van der Waals surface area contributed by atoms with Crippen molar-refractivity contribution in [3.8, 4) is 0 Å². The lowest BCUT2D eigenvalue weighted by atomic mass is 10.1. The van der Waals surface area contributed by atoms with E-state index in [0.717, 1.165) is 11.1 Å². The van der Waals surface area contributed by atoms with E-state index in [1.54, 1.807) is 18.5 Å². The van der Waals surface area contributed by atoms with E-state index in [1.165, 1.54) is 11.6 Å². The molecule has 0 aliphatic rings. The third-order valence-electron chi connectivity index (χ3n) is 2.59. The zero-order valence-corrected chi connectivity index (χ0v) is 10.7. The fourth-order valence-corrected chi connectivity index (χ4v) is 1.53. The Labute approximate surface area is 112 Å². The van der Waals surface area contributed by atoms with Gasteiger partial charge in [0.2, 0.25) is 0 Å². The van der Waals surface area contributed by atoms with Crippen LogP contribution in [0, 0.1) is 6.92 Å². The molecule has 0 fully saturated rings. The molecule has 3 nitrogen and oxygen atoms in total. The number of hydrogen-bond donors (Lipinski definition) is 0. The predicted molar refractivity (Wildman–Crippen MR) is 74.2 cm³/mol. The first-order chi connectivity index (χ1) is 9.24. The van der Waals surface area contributed by atoms with Gasteiger partial charge in [0.15, 0.2) is 0 Å². The molecule has 0 bridgehead atoms. The summed E-state index contributed by atoms with van der Waals surface area (Å²) in [6.07, 6.45) is 6.53. The van der Waals surface area contributed by atoms with Gasteiger partial charge in [0.1, 0.15) is 6.61 Å². The average Bonchev–Trinajstić information content (AvgIpc) is 2.45. The van der Waals surface area contributed by atoms with Gasteiger partial charge in [-0.05, 0) is 24.6 Å². The highest BCUT2D eigenvalue weighted by atomic mass is 16.5. The number of aryl methyl sites for hydroxylation is 1. The molecule has 0 spiro atoms. The smallest absolute Gasteiger partial charge is 0.331 e. The Morgan fingerprint density at radius 3 is 2.74 bits per heavy atom.